The summed E-state index contributed by atoms with van der Waals surface area (Å²) in [5.41, 5.74) is 8.00. The lowest BCUT2D eigenvalue weighted by atomic mass is 9.84. The summed E-state index contributed by atoms with van der Waals surface area (Å²) in [4.78, 5) is 52.1. The molecule has 6 N–H and O–H groups in total. The Morgan fingerprint density at radius 2 is 1.22 bits per heavy atom. The minimum absolute atomic E-state index is 0.126. The second kappa shape index (κ2) is 19.2. The molecule has 10 nitrogen and oxygen atoms in total. The molecule has 0 fully saturated rings. The lowest BCUT2D eigenvalue weighted by Crippen LogP contribution is -2.57. The van der Waals surface area contributed by atoms with Crippen molar-refractivity contribution in [3.8, 4) is 0 Å². The van der Waals surface area contributed by atoms with Crippen LogP contribution in [-0.2, 0) is 23.9 Å². The quantitative estimate of drug-likeness (QED) is 0.0817. The van der Waals surface area contributed by atoms with Gasteiger partial charge < -0.3 is 31.5 Å². The Hall–Kier alpha value is -4.35. The van der Waals surface area contributed by atoms with Crippen LogP contribution in [0.15, 0.2) is 91.0 Å². The number of carbonyl (C=O) groups is 4. The van der Waals surface area contributed by atoms with Crippen molar-refractivity contribution >= 4 is 35.6 Å². The fourth-order valence-electron chi connectivity index (χ4n) is 5.62. The highest BCUT2D eigenvalue weighted by Crippen LogP contribution is 2.48. The third kappa shape index (κ3) is 11.6. The Morgan fingerprint density at radius 3 is 1.64 bits per heavy atom. The number of alkyl carbamates (subject to hydrolysis) is 1. The molecule has 3 aromatic rings. The minimum atomic E-state index is -1.21. The van der Waals surface area contributed by atoms with E-state index in [0.29, 0.717) is 25.1 Å². The largest absolute Gasteiger partial charge is 0.480 e. The van der Waals surface area contributed by atoms with Gasteiger partial charge in [0.1, 0.15) is 23.7 Å². The highest BCUT2D eigenvalue weighted by Gasteiger charge is 2.38. The number of aliphatic carboxylic acids is 1. The number of nitrogens with two attached hydrogens (primary N) is 1. The maximum atomic E-state index is 13.6. The van der Waals surface area contributed by atoms with E-state index in [0.717, 1.165) is 16.7 Å². The van der Waals surface area contributed by atoms with E-state index in [2.05, 4.69) is 52.3 Å². The monoisotopic (exact) mass is 704 g/mol. The molecule has 0 aliphatic heterocycles. The number of unbranched alkanes of at least 4 members (excludes halogenated alkanes) is 1. The SMILES string of the molecule is CC(C)[C@H](NC(=O)[C@H](CCCCN)NC(=O)OC(C)(C)C)C(=O)N[C@@H](CCSC(c1ccccc1)(c1ccccc1)c1ccccc1)C(=O)O. The van der Waals surface area contributed by atoms with E-state index in [1.807, 2.05) is 54.6 Å². The average Bonchev–Trinajstić information content (AvgIpc) is 3.08. The number of amides is 3. The number of carboxylic acids is 1. The molecule has 11 heteroatoms. The van der Waals surface area contributed by atoms with Crippen molar-refractivity contribution in [3.05, 3.63) is 108 Å². The molecule has 50 heavy (non-hydrogen) atoms. The van der Waals surface area contributed by atoms with Crippen molar-refractivity contribution in [2.75, 3.05) is 12.3 Å². The van der Waals surface area contributed by atoms with Gasteiger partial charge >= 0.3 is 12.1 Å². The Morgan fingerprint density at radius 1 is 0.720 bits per heavy atom. The maximum absolute atomic E-state index is 13.6. The summed E-state index contributed by atoms with van der Waals surface area (Å²) in [5.74, 6) is -2.36. The first-order valence-corrected chi connectivity index (χ1v) is 18.1. The Kier molecular flexibility index (Phi) is 15.4. The van der Waals surface area contributed by atoms with Crippen LogP contribution in [0.5, 0.6) is 0 Å². The highest BCUT2D eigenvalue weighted by atomic mass is 32.2. The molecule has 0 unspecified atom stereocenters. The van der Waals surface area contributed by atoms with Gasteiger partial charge in [-0.25, -0.2) is 9.59 Å². The van der Waals surface area contributed by atoms with Crippen LogP contribution in [0.1, 0.15) is 77.0 Å². The standard InChI is InChI=1S/C39H52N4O6S/c1-27(2)33(43-34(44)31(23-15-16-25-40)42-37(48)49-38(3,4)5)35(45)41-32(36(46)47)24-26-50-39(28-17-9-6-10-18-28,29-19-11-7-12-20-29)30-21-13-8-14-22-30/h6-14,17-22,27,31-33H,15-16,23-26,40H2,1-5H3,(H,41,45)(H,42,48)(H,43,44)(H,46,47)/t31-,32-,33-/m0/s1. The molecule has 0 spiro atoms. The average molecular weight is 705 g/mol. The van der Waals surface area contributed by atoms with Crippen LogP contribution in [0.4, 0.5) is 4.79 Å². The van der Waals surface area contributed by atoms with Crippen LogP contribution in [-0.4, -0.2) is 65.0 Å². The molecule has 0 aliphatic rings. The fraction of sp³-hybridized carbons (Fsp3) is 0.436. The molecule has 0 aliphatic carbocycles. The molecule has 270 valence electrons. The van der Waals surface area contributed by atoms with Crippen molar-refractivity contribution in [2.24, 2.45) is 11.7 Å². The normalized spacial score (nSPS) is 13.5. The second-order valence-corrected chi connectivity index (χ2v) is 14.8. The number of ether oxygens (including phenoxy) is 1. The third-order valence-corrected chi connectivity index (χ3v) is 9.66. The third-order valence-electron chi connectivity index (χ3n) is 8.08. The van der Waals surface area contributed by atoms with E-state index >= 15 is 0 Å². The lowest BCUT2D eigenvalue weighted by molar-refractivity contribution is -0.142. The summed E-state index contributed by atoms with van der Waals surface area (Å²) in [6.45, 7) is 9.10. The van der Waals surface area contributed by atoms with Gasteiger partial charge in [-0.15, -0.1) is 11.8 Å². The first-order valence-electron chi connectivity index (χ1n) is 17.1. The van der Waals surface area contributed by atoms with Crippen molar-refractivity contribution in [2.45, 2.75) is 88.8 Å². The van der Waals surface area contributed by atoms with Crippen molar-refractivity contribution < 1.29 is 29.0 Å². The van der Waals surface area contributed by atoms with Gasteiger partial charge in [-0.05, 0) is 81.4 Å². The molecule has 3 aromatic carbocycles. The van der Waals surface area contributed by atoms with Gasteiger partial charge in [-0.3, -0.25) is 9.59 Å². The molecule has 3 amide bonds. The molecule has 3 atom stereocenters. The van der Waals surface area contributed by atoms with Crippen LogP contribution in [0, 0.1) is 5.92 Å². The first-order chi connectivity index (χ1) is 23.8. The van der Waals surface area contributed by atoms with E-state index in [-0.39, 0.29) is 18.8 Å². The van der Waals surface area contributed by atoms with Crippen LogP contribution in [0.3, 0.4) is 0 Å². The highest BCUT2D eigenvalue weighted by molar-refractivity contribution is 8.00. The van der Waals surface area contributed by atoms with Crippen molar-refractivity contribution in [1.29, 1.82) is 0 Å². The topological polar surface area (TPSA) is 160 Å². The molecule has 0 radical (unpaired) electrons. The molecule has 0 saturated heterocycles. The lowest BCUT2D eigenvalue weighted by Gasteiger charge is -2.36. The molecule has 0 saturated carbocycles. The summed E-state index contributed by atoms with van der Waals surface area (Å²) in [5, 5.41) is 18.3. The van der Waals surface area contributed by atoms with Crippen LogP contribution in [0.25, 0.3) is 0 Å². The number of carboxylic acid groups (broad SMARTS) is 1. The molecule has 3 rings (SSSR count). The zero-order valence-electron chi connectivity index (χ0n) is 29.7. The number of carbonyl (C=O) groups excluding carboxylic acids is 3. The van der Waals surface area contributed by atoms with Crippen molar-refractivity contribution in [3.63, 3.8) is 0 Å². The molecule has 0 aromatic heterocycles. The predicted molar refractivity (Wildman–Crippen MR) is 199 cm³/mol. The number of hydrogen-bond donors (Lipinski definition) is 5. The molecular weight excluding hydrogens is 653 g/mol. The van der Waals surface area contributed by atoms with Crippen molar-refractivity contribution in [1.82, 2.24) is 16.0 Å². The van der Waals surface area contributed by atoms with Gasteiger partial charge in [0.25, 0.3) is 0 Å². The van der Waals surface area contributed by atoms with E-state index < -0.39 is 52.4 Å². The number of thioether (sulfide) groups is 1. The maximum Gasteiger partial charge on any atom is 0.408 e. The van der Waals surface area contributed by atoms with Crippen LogP contribution < -0.4 is 21.7 Å². The minimum Gasteiger partial charge on any atom is -0.480 e. The van der Waals surface area contributed by atoms with Crippen LogP contribution in [0.2, 0.25) is 0 Å². The van der Waals surface area contributed by atoms with Gasteiger partial charge in [0, 0.05) is 0 Å². The molecular formula is C39H52N4O6S. The summed E-state index contributed by atoms with van der Waals surface area (Å²) in [7, 11) is 0. The molecule has 0 heterocycles. The molecule has 0 bridgehead atoms. The van der Waals surface area contributed by atoms with Gasteiger partial charge in [0.15, 0.2) is 0 Å². The Bertz CT molecular complexity index is 1420. The zero-order chi connectivity index (χ0) is 36.7. The van der Waals surface area contributed by atoms with E-state index in [1.54, 1.807) is 46.4 Å². The van der Waals surface area contributed by atoms with Gasteiger partial charge in [-0.2, -0.15) is 0 Å². The summed E-state index contributed by atoms with van der Waals surface area (Å²) < 4.78 is 4.70. The zero-order valence-corrected chi connectivity index (χ0v) is 30.5. The number of rotatable bonds is 18. The van der Waals surface area contributed by atoms with Gasteiger partial charge in [-0.1, -0.05) is 105 Å². The summed E-state index contributed by atoms with van der Waals surface area (Å²) >= 11 is 1.60. The number of hydrogen-bond acceptors (Lipinski definition) is 7. The Labute approximate surface area is 300 Å². The van der Waals surface area contributed by atoms with E-state index in [4.69, 9.17) is 10.5 Å². The summed E-state index contributed by atoms with van der Waals surface area (Å²) in [6.07, 6.45) is 0.873. The number of nitrogens with one attached hydrogen (secondary N) is 3. The Balaban J connectivity index is 1.80. The van der Waals surface area contributed by atoms with Crippen LogP contribution >= 0.6 is 11.8 Å². The number of benzene rings is 3. The smallest absolute Gasteiger partial charge is 0.408 e. The fourth-order valence-corrected chi connectivity index (χ4v) is 7.19. The summed E-state index contributed by atoms with van der Waals surface area (Å²) in [6, 6.07) is 27.0. The van der Waals surface area contributed by atoms with E-state index in [1.165, 1.54) is 0 Å². The van der Waals surface area contributed by atoms with Gasteiger partial charge in [0.05, 0.1) is 4.75 Å². The second-order valence-electron chi connectivity index (χ2n) is 13.5. The van der Waals surface area contributed by atoms with Gasteiger partial charge in [0.2, 0.25) is 11.8 Å². The predicted octanol–water partition coefficient (Wildman–Crippen LogP) is 5.83. The first kappa shape index (κ1) is 40.1. The van der Waals surface area contributed by atoms with E-state index in [9.17, 15) is 24.3 Å².